The molecule has 0 bridgehead atoms. The van der Waals surface area contributed by atoms with Gasteiger partial charge in [-0.3, -0.25) is 9.59 Å². The molecule has 0 aromatic carbocycles. The first-order valence-corrected chi connectivity index (χ1v) is 6.70. The van der Waals surface area contributed by atoms with Gasteiger partial charge >= 0.3 is 0 Å². The van der Waals surface area contributed by atoms with Gasteiger partial charge in [0.1, 0.15) is 22.2 Å². The van der Waals surface area contributed by atoms with E-state index in [1.165, 1.54) is 17.5 Å². The molecule has 1 atom stereocenters. The maximum atomic E-state index is 12.0. The third-order valence-corrected chi connectivity index (χ3v) is 3.89. The summed E-state index contributed by atoms with van der Waals surface area (Å²) < 4.78 is 0. The number of carbonyl (C=O) groups is 2. The van der Waals surface area contributed by atoms with Gasteiger partial charge in [-0.15, -0.1) is 11.3 Å². The summed E-state index contributed by atoms with van der Waals surface area (Å²) in [5.41, 5.74) is 5.51. The van der Waals surface area contributed by atoms with Gasteiger partial charge in [0.2, 0.25) is 0 Å². The lowest BCUT2D eigenvalue weighted by Gasteiger charge is -2.11. The van der Waals surface area contributed by atoms with Crippen molar-refractivity contribution in [3.05, 3.63) is 33.1 Å². The highest BCUT2D eigenvalue weighted by atomic mass is 35.5. The molecule has 2 rings (SSSR count). The molecule has 1 unspecified atom stereocenters. The Morgan fingerprint density at radius 1 is 1.50 bits per heavy atom. The SMILES string of the molecule is CC(NC(=O)c1ncnc(N)c1Cl)c1ncc(C=O)s1. The first-order chi connectivity index (χ1) is 9.52. The molecular weight excluding hydrogens is 302 g/mol. The average molecular weight is 312 g/mol. The van der Waals surface area contributed by atoms with E-state index in [4.69, 9.17) is 17.3 Å². The number of rotatable bonds is 4. The second-order valence-electron chi connectivity index (χ2n) is 3.84. The Labute approximate surface area is 123 Å². The number of aromatic nitrogens is 3. The van der Waals surface area contributed by atoms with Crippen molar-refractivity contribution in [1.29, 1.82) is 0 Å². The molecule has 0 spiro atoms. The normalized spacial score (nSPS) is 11.9. The molecule has 0 saturated carbocycles. The number of hydrogen-bond acceptors (Lipinski definition) is 7. The predicted molar refractivity (Wildman–Crippen MR) is 74.8 cm³/mol. The molecule has 0 saturated heterocycles. The number of nitrogen functional groups attached to an aromatic ring is 1. The molecule has 0 aliphatic heterocycles. The van der Waals surface area contributed by atoms with E-state index in [2.05, 4.69) is 20.3 Å². The standard InChI is InChI=1S/C11H10ClN5O2S/c1-5(11-14-2-6(3-18)20-11)17-10(19)8-7(12)9(13)16-4-15-8/h2-5H,1H3,(H,17,19)(H2,13,15,16). The molecule has 9 heteroatoms. The highest BCUT2D eigenvalue weighted by Crippen LogP contribution is 2.21. The monoisotopic (exact) mass is 311 g/mol. The van der Waals surface area contributed by atoms with Crippen LogP contribution in [0.3, 0.4) is 0 Å². The molecule has 2 aromatic rings. The van der Waals surface area contributed by atoms with Gasteiger partial charge in [0.05, 0.1) is 10.9 Å². The molecule has 1 amide bonds. The molecule has 0 radical (unpaired) electrons. The number of amides is 1. The quantitative estimate of drug-likeness (QED) is 0.827. The van der Waals surface area contributed by atoms with Gasteiger partial charge in [0, 0.05) is 6.20 Å². The van der Waals surface area contributed by atoms with Crippen molar-refractivity contribution in [1.82, 2.24) is 20.3 Å². The van der Waals surface area contributed by atoms with Gasteiger partial charge in [0.15, 0.2) is 12.0 Å². The lowest BCUT2D eigenvalue weighted by Crippen LogP contribution is -2.28. The molecule has 2 aromatic heterocycles. The van der Waals surface area contributed by atoms with E-state index >= 15 is 0 Å². The van der Waals surface area contributed by atoms with Crippen LogP contribution in [0.5, 0.6) is 0 Å². The molecule has 3 N–H and O–H groups in total. The van der Waals surface area contributed by atoms with E-state index < -0.39 is 5.91 Å². The maximum Gasteiger partial charge on any atom is 0.272 e. The first-order valence-electron chi connectivity index (χ1n) is 5.50. The number of aldehydes is 1. The van der Waals surface area contributed by atoms with Crippen molar-refractivity contribution < 1.29 is 9.59 Å². The van der Waals surface area contributed by atoms with Crippen LogP contribution in [-0.4, -0.2) is 27.1 Å². The number of nitrogens with zero attached hydrogens (tertiary/aromatic N) is 3. The van der Waals surface area contributed by atoms with Crippen LogP contribution in [0.1, 0.15) is 38.1 Å². The largest absolute Gasteiger partial charge is 0.382 e. The number of carbonyl (C=O) groups excluding carboxylic acids is 2. The fourth-order valence-corrected chi connectivity index (χ4v) is 2.34. The molecule has 0 fully saturated rings. The van der Waals surface area contributed by atoms with Crippen LogP contribution in [0.2, 0.25) is 5.02 Å². The van der Waals surface area contributed by atoms with Gasteiger partial charge in [-0.25, -0.2) is 15.0 Å². The van der Waals surface area contributed by atoms with E-state index in [0.29, 0.717) is 16.2 Å². The smallest absolute Gasteiger partial charge is 0.272 e. The summed E-state index contributed by atoms with van der Waals surface area (Å²) in [4.78, 5) is 34.7. The second-order valence-corrected chi connectivity index (χ2v) is 5.31. The summed E-state index contributed by atoms with van der Waals surface area (Å²) in [5, 5.41) is 3.30. The third kappa shape index (κ3) is 2.91. The van der Waals surface area contributed by atoms with Crippen molar-refractivity contribution in [2.24, 2.45) is 0 Å². The number of anilines is 1. The van der Waals surface area contributed by atoms with Crippen LogP contribution >= 0.6 is 22.9 Å². The fraction of sp³-hybridized carbons (Fsp3) is 0.182. The molecule has 0 aliphatic rings. The zero-order chi connectivity index (χ0) is 14.7. The zero-order valence-corrected chi connectivity index (χ0v) is 11.9. The Bertz CT molecular complexity index is 660. The number of nitrogens with one attached hydrogen (secondary N) is 1. The van der Waals surface area contributed by atoms with E-state index in [9.17, 15) is 9.59 Å². The highest BCUT2D eigenvalue weighted by Gasteiger charge is 2.19. The van der Waals surface area contributed by atoms with E-state index in [1.807, 2.05) is 0 Å². The summed E-state index contributed by atoms with van der Waals surface area (Å²) >= 11 is 7.08. The Morgan fingerprint density at radius 3 is 2.90 bits per heavy atom. The van der Waals surface area contributed by atoms with Crippen LogP contribution in [0.25, 0.3) is 0 Å². The topological polar surface area (TPSA) is 111 Å². The molecule has 20 heavy (non-hydrogen) atoms. The summed E-state index contributed by atoms with van der Waals surface area (Å²) in [6.07, 6.45) is 3.32. The molecule has 7 nitrogen and oxygen atoms in total. The molecule has 2 heterocycles. The van der Waals surface area contributed by atoms with Crippen molar-refractivity contribution in [2.75, 3.05) is 5.73 Å². The van der Waals surface area contributed by atoms with Crippen molar-refractivity contribution in [3.8, 4) is 0 Å². The lowest BCUT2D eigenvalue weighted by atomic mass is 10.3. The van der Waals surface area contributed by atoms with Crippen LogP contribution in [-0.2, 0) is 0 Å². The molecule has 0 aliphatic carbocycles. The van der Waals surface area contributed by atoms with Crippen LogP contribution in [0.15, 0.2) is 12.5 Å². The van der Waals surface area contributed by atoms with Gasteiger partial charge in [-0.05, 0) is 6.92 Å². The Hall–Kier alpha value is -2.06. The summed E-state index contributed by atoms with van der Waals surface area (Å²) in [6, 6.07) is -0.381. The summed E-state index contributed by atoms with van der Waals surface area (Å²) in [7, 11) is 0. The first kappa shape index (κ1) is 14.4. The van der Waals surface area contributed by atoms with Gasteiger partial charge in [-0.2, -0.15) is 0 Å². The number of halogens is 1. The van der Waals surface area contributed by atoms with E-state index in [1.54, 1.807) is 6.92 Å². The van der Waals surface area contributed by atoms with Crippen LogP contribution in [0, 0.1) is 0 Å². The minimum Gasteiger partial charge on any atom is -0.382 e. The number of nitrogens with two attached hydrogens (primary N) is 1. The predicted octanol–water partition coefficient (Wildman–Crippen LogP) is 1.47. The van der Waals surface area contributed by atoms with Gasteiger partial charge in [0.25, 0.3) is 5.91 Å². The van der Waals surface area contributed by atoms with Gasteiger partial charge < -0.3 is 11.1 Å². The minimum atomic E-state index is -0.487. The van der Waals surface area contributed by atoms with E-state index in [-0.39, 0.29) is 22.6 Å². The number of hydrogen-bond donors (Lipinski definition) is 2. The fourth-order valence-electron chi connectivity index (χ4n) is 1.42. The van der Waals surface area contributed by atoms with Crippen molar-refractivity contribution in [2.45, 2.75) is 13.0 Å². The van der Waals surface area contributed by atoms with E-state index in [0.717, 1.165) is 6.33 Å². The minimum absolute atomic E-state index is 0.00168. The molecule has 104 valence electrons. The van der Waals surface area contributed by atoms with Crippen LogP contribution in [0.4, 0.5) is 5.82 Å². The molecular formula is C11H10ClN5O2S. The maximum absolute atomic E-state index is 12.0. The third-order valence-electron chi connectivity index (χ3n) is 2.41. The van der Waals surface area contributed by atoms with Crippen LogP contribution < -0.4 is 11.1 Å². The van der Waals surface area contributed by atoms with Crippen molar-refractivity contribution >= 4 is 40.9 Å². The number of thiazole rings is 1. The summed E-state index contributed by atoms with van der Waals surface area (Å²) in [6.45, 7) is 1.74. The van der Waals surface area contributed by atoms with Gasteiger partial charge in [-0.1, -0.05) is 11.6 Å². The Balaban J connectivity index is 2.14. The Morgan fingerprint density at radius 2 is 2.25 bits per heavy atom. The summed E-state index contributed by atoms with van der Waals surface area (Å²) in [5.74, 6) is -0.448. The second kappa shape index (κ2) is 5.93. The Kier molecular flexibility index (Phi) is 4.26. The lowest BCUT2D eigenvalue weighted by molar-refractivity contribution is 0.0934. The average Bonchev–Trinajstić information content (AvgIpc) is 2.90. The zero-order valence-electron chi connectivity index (χ0n) is 10.3. The highest BCUT2D eigenvalue weighted by molar-refractivity contribution is 7.13. The van der Waals surface area contributed by atoms with Crippen molar-refractivity contribution in [3.63, 3.8) is 0 Å².